The van der Waals surface area contributed by atoms with Crippen LogP contribution in [0.15, 0.2) is 14.7 Å². The fourth-order valence-corrected chi connectivity index (χ4v) is 0.773. The minimum Gasteiger partial charge on any atom is -0.489 e. The van der Waals surface area contributed by atoms with E-state index in [1.807, 2.05) is 0 Å². The number of hydrogen-bond donors (Lipinski definition) is 0. The van der Waals surface area contributed by atoms with E-state index in [4.69, 9.17) is 10.3 Å². The van der Waals surface area contributed by atoms with Gasteiger partial charge in [-0.2, -0.15) is 0 Å². The smallest absolute Gasteiger partial charge is 0.268 e. The largest absolute Gasteiger partial charge is 0.489 e. The van der Waals surface area contributed by atoms with Gasteiger partial charge in [0.25, 0.3) is 5.43 Å². The maximum absolute atomic E-state index is 10.7. The van der Waals surface area contributed by atoms with Gasteiger partial charge in [-0.25, -0.2) is 0 Å². The van der Waals surface area contributed by atoms with Gasteiger partial charge in [0.05, 0.1) is 6.61 Å². The summed E-state index contributed by atoms with van der Waals surface area (Å²) in [5.74, 6) is -0.125. The third kappa shape index (κ3) is 1.04. The van der Waals surface area contributed by atoms with Crippen LogP contribution in [0.3, 0.4) is 0 Å². The molecule has 0 bridgehead atoms. The van der Waals surface area contributed by atoms with Crippen molar-refractivity contribution in [1.29, 1.82) is 0 Å². The van der Waals surface area contributed by atoms with Crippen LogP contribution in [-0.2, 0) is 0 Å². The number of ether oxygens (including phenoxy) is 1. The van der Waals surface area contributed by atoms with Gasteiger partial charge < -0.3 is 4.74 Å². The Morgan fingerprint density at radius 2 is 2.17 bits per heavy atom. The van der Waals surface area contributed by atoms with Crippen molar-refractivity contribution in [3.05, 3.63) is 30.9 Å². The molecule has 0 unspecified atom stereocenters. The molecule has 1 rings (SSSR count). The lowest BCUT2D eigenvalue weighted by molar-refractivity contribution is 0.334. The zero-order chi connectivity index (χ0) is 9.14. The van der Waals surface area contributed by atoms with Gasteiger partial charge in [0.1, 0.15) is 5.69 Å². The Kier molecular flexibility index (Phi) is 2.11. The molecule has 0 N–H and O–H groups in total. The zero-order valence-corrected chi connectivity index (χ0v) is 6.27. The zero-order valence-electron chi connectivity index (χ0n) is 6.27. The van der Waals surface area contributed by atoms with E-state index in [1.165, 1.54) is 0 Å². The molecule has 1 aromatic rings. The van der Waals surface area contributed by atoms with E-state index >= 15 is 0 Å². The molecule has 0 aromatic heterocycles. The second-order valence-electron chi connectivity index (χ2n) is 1.96. The summed E-state index contributed by atoms with van der Waals surface area (Å²) in [6, 6.07) is 0. The van der Waals surface area contributed by atoms with Crippen LogP contribution in [0.2, 0.25) is 0 Å². The maximum Gasteiger partial charge on any atom is 0.268 e. The van der Waals surface area contributed by atoms with Crippen LogP contribution in [-0.4, -0.2) is 6.61 Å². The molecule has 0 aliphatic heterocycles. The highest BCUT2D eigenvalue weighted by Gasteiger charge is 2.20. The van der Waals surface area contributed by atoms with Crippen molar-refractivity contribution in [2.75, 3.05) is 6.61 Å². The van der Waals surface area contributed by atoms with Crippen molar-refractivity contribution < 1.29 is 4.74 Å². The maximum atomic E-state index is 10.7. The van der Waals surface area contributed by atoms with Gasteiger partial charge in [-0.3, -0.25) is 9.59 Å². The van der Waals surface area contributed by atoms with E-state index in [1.54, 1.807) is 6.92 Å². The Bertz CT molecular complexity index is 410. The Morgan fingerprint density at radius 1 is 1.50 bits per heavy atom. The van der Waals surface area contributed by atoms with Crippen LogP contribution < -0.4 is 15.6 Å². The third-order valence-corrected chi connectivity index (χ3v) is 1.28. The highest BCUT2D eigenvalue weighted by Crippen LogP contribution is 2.20. The van der Waals surface area contributed by atoms with E-state index in [9.17, 15) is 9.59 Å². The number of nitrogens with zero attached hydrogens (tertiary/aromatic N) is 3. The summed E-state index contributed by atoms with van der Waals surface area (Å²) < 4.78 is 4.77. The molecule has 6 nitrogen and oxygen atoms in total. The molecule has 62 valence electrons. The lowest BCUT2D eigenvalue weighted by Crippen LogP contribution is -2.31. The number of rotatable bonds is 3. The molecule has 0 radical (unpaired) electrons. The molecule has 0 saturated carbocycles. The molecule has 0 spiro atoms. The predicted octanol–water partition coefficient (Wildman–Crippen LogP) is 0.623. The van der Waals surface area contributed by atoms with Crippen LogP contribution in [0.1, 0.15) is 6.92 Å². The molecule has 0 atom stereocenters. The fraction of sp³-hybridized carbons (Fsp3) is 0.333. The van der Waals surface area contributed by atoms with Crippen LogP contribution in [0.25, 0.3) is 10.4 Å². The monoisotopic (exact) mass is 167 g/mol. The van der Waals surface area contributed by atoms with Gasteiger partial charge in [-0.05, 0) is 12.5 Å². The van der Waals surface area contributed by atoms with E-state index in [-0.39, 0.29) is 18.0 Å². The Labute approximate surface area is 66.7 Å². The van der Waals surface area contributed by atoms with Crippen molar-refractivity contribution in [3.8, 4) is 5.75 Å². The van der Waals surface area contributed by atoms with Gasteiger partial charge >= 0.3 is 0 Å². The van der Waals surface area contributed by atoms with Gasteiger partial charge in [-0.1, -0.05) is 5.11 Å². The highest BCUT2D eigenvalue weighted by molar-refractivity contribution is 5.57. The first-order valence-corrected chi connectivity index (χ1v) is 3.23. The van der Waals surface area contributed by atoms with Gasteiger partial charge in [-0.15, -0.1) is 0 Å². The lowest BCUT2D eigenvalue weighted by atomic mass is 10.2. The van der Waals surface area contributed by atoms with Crippen molar-refractivity contribution in [1.82, 2.24) is 0 Å². The molecule has 0 aliphatic rings. The minimum atomic E-state index is -0.781. The van der Waals surface area contributed by atoms with Crippen molar-refractivity contribution in [3.63, 3.8) is 0 Å². The minimum absolute atomic E-state index is 0.125. The van der Waals surface area contributed by atoms with Crippen LogP contribution >= 0.6 is 0 Å². The molecule has 12 heavy (non-hydrogen) atoms. The van der Waals surface area contributed by atoms with Crippen molar-refractivity contribution >= 4 is 5.69 Å². The SMILES string of the molecule is CCOc1c(N=[N+]=[N-])c(=O)c1=O. The van der Waals surface area contributed by atoms with E-state index in [2.05, 4.69) is 10.0 Å². The molecular weight excluding hydrogens is 162 g/mol. The molecule has 0 fully saturated rings. The second-order valence-corrected chi connectivity index (χ2v) is 1.96. The lowest BCUT2D eigenvalue weighted by Gasteiger charge is -2.05. The Balaban J connectivity index is 3.13. The van der Waals surface area contributed by atoms with Gasteiger partial charge in [0, 0.05) is 4.91 Å². The van der Waals surface area contributed by atoms with Crippen LogP contribution in [0.4, 0.5) is 5.69 Å². The molecule has 0 saturated heterocycles. The summed E-state index contributed by atoms with van der Waals surface area (Å²) in [7, 11) is 0. The normalized spacial score (nSPS) is 9.42. The quantitative estimate of drug-likeness (QED) is 0.286. The summed E-state index contributed by atoms with van der Waals surface area (Å²) >= 11 is 0. The molecule has 0 amide bonds. The first-order valence-electron chi connectivity index (χ1n) is 3.23. The standard InChI is InChI=1S/C6H5N3O3/c1-2-12-6-3(8-9-7)4(10)5(6)11/h2H2,1H3. The summed E-state index contributed by atoms with van der Waals surface area (Å²) in [5, 5.41) is 3.03. The topological polar surface area (TPSA) is 92.1 Å². The molecule has 0 aliphatic carbocycles. The van der Waals surface area contributed by atoms with Crippen LogP contribution in [0, 0.1) is 0 Å². The average Bonchev–Trinajstić information content (AvgIpc) is 2.10. The van der Waals surface area contributed by atoms with E-state index in [0.29, 0.717) is 0 Å². The van der Waals surface area contributed by atoms with Gasteiger partial charge in [0.2, 0.25) is 5.43 Å². The summed E-state index contributed by atoms with van der Waals surface area (Å²) in [6.07, 6.45) is 0. The summed E-state index contributed by atoms with van der Waals surface area (Å²) in [5.41, 5.74) is 6.27. The first kappa shape index (κ1) is 8.29. The fourth-order valence-electron chi connectivity index (χ4n) is 0.773. The predicted molar refractivity (Wildman–Crippen MR) is 41.3 cm³/mol. The van der Waals surface area contributed by atoms with Crippen molar-refractivity contribution in [2.45, 2.75) is 6.92 Å². The van der Waals surface area contributed by atoms with Crippen molar-refractivity contribution in [2.24, 2.45) is 5.11 Å². The molecule has 6 heteroatoms. The number of hydrogen-bond acceptors (Lipinski definition) is 4. The first-order chi connectivity index (χ1) is 5.72. The summed E-state index contributed by atoms with van der Waals surface area (Å²) in [4.78, 5) is 23.8. The Morgan fingerprint density at radius 3 is 2.67 bits per heavy atom. The van der Waals surface area contributed by atoms with Gasteiger partial charge in [0.15, 0.2) is 5.75 Å². The highest BCUT2D eigenvalue weighted by atomic mass is 16.5. The number of azide groups is 1. The molecule has 1 aromatic carbocycles. The van der Waals surface area contributed by atoms with E-state index in [0.717, 1.165) is 0 Å². The Hall–Kier alpha value is -1.81. The molecular formula is C6H5N3O3. The average molecular weight is 167 g/mol. The second kappa shape index (κ2) is 3.06. The van der Waals surface area contributed by atoms with E-state index < -0.39 is 10.9 Å². The third-order valence-electron chi connectivity index (χ3n) is 1.28. The van der Waals surface area contributed by atoms with Crippen LogP contribution in [0.5, 0.6) is 5.75 Å². The molecule has 0 heterocycles. The summed E-state index contributed by atoms with van der Waals surface area (Å²) in [6.45, 7) is 1.93.